The van der Waals surface area contributed by atoms with E-state index >= 15 is 0 Å². The van der Waals surface area contributed by atoms with E-state index in [-0.39, 0.29) is 5.82 Å². The van der Waals surface area contributed by atoms with Crippen molar-refractivity contribution >= 4 is 16.6 Å². The van der Waals surface area contributed by atoms with Crippen LogP contribution in [-0.4, -0.2) is 41.6 Å². The molecule has 4 heteroatoms. The summed E-state index contributed by atoms with van der Waals surface area (Å²) < 4.78 is 13.7. The highest BCUT2D eigenvalue weighted by atomic mass is 19.1. The number of hydrogen-bond donors (Lipinski definition) is 0. The zero-order chi connectivity index (χ0) is 16.7. The lowest BCUT2D eigenvalue weighted by Gasteiger charge is -2.40. The molecule has 2 aromatic rings. The van der Waals surface area contributed by atoms with Gasteiger partial charge in [0.05, 0.1) is 5.52 Å². The van der Waals surface area contributed by atoms with Crippen molar-refractivity contribution in [1.29, 1.82) is 0 Å². The molecular weight excluding hydrogens is 301 g/mol. The first-order chi connectivity index (χ1) is 11.6. The van der Waals surface area contributed by atoms with Crippen LogP contribution in [0.2, 0.25) is 0 Å². The van der Waals surface area contributed by atoms with Gasteiger partial charge in [0.25, 0.3) is 0 Å². The molecule has 0 amide bonds. The Labute approximate surface area is 143 Å². The molecule has 3 heterocycles. The zero-order valence-electron chi connectivity index (χ0n) is 14.6. The average Bonchev–Trinajstić information content (AvgIpc) is 3.01. The van der Waals surface area contributed by atoms with Gasteiger partial charge in [-0.3, -0.25) is 9.88 Å². The molecule has 128 valence electrons. The number of benzene rings is 1. The van der Waals surface area contributed by atoms with Gasteiger partial charge in [0, 0.05) is 41.9 Å². The van der Waals surface area contributed by atoms with E-state index in [2.05, 4.69) is 27.8 Å². The molecule has 0 bridgehead atoms. The lowest BCUT2D eigenvalue weighted by Crippen LogP contribution is -2.46. The third-order valence-electron chi connectivity index (χ3n) is 5.76. The number of rotatable bonds is 2. The van der Waals surface area contributed by atoms with Gasteiger partial charge in [-0.15, -0.1) is 0 Å². The van der Waals surface area contributed by atoms with Crippen LogP contribution >= 0.6 is 0 Å². The number of pyridine rings is 1. The fourth-order valence-electron chi connectivity index (χ4n) is 4.51. The second-order valence-electron chi connectivity index (χ2n) is 7.39. The number of piperidine rings is 1. The second-order valence-corrected chi connectivity index (χ2v) is 7.39. The molecule has 4 rings (SSSR count). The van der Waals surface area contributed by atoms with Crippen molar-refractivity contribution in [3.63, 3.8) is 0 Å². The van der Waals surface area contributed by atoms with Crippen LogP contribution in [0.15, 0.2) is 24.3 Å². The van der Waals surface area contributed by atoms with Crippen LogP contribution in [0.25, 0.3) is 10.9 Å². The molecule has 1 atom stereocenters. The van der Waals surface area contributed by atoms with E-state index in [1.165, 1.54) is 38.3 Å². The molecule has 0 saturated carbocycles. The fraction of sp³-hybridized carbons (Fsp3) is 0.550. The van der Waals surface area contributed by atoms with Crippen LogP contribution in [0, 0.1) is 12.7 Å². The lowest BCUT2D eigenvalue weighted by atomic mass is 10.0. The van der Waals surface area contributed by atoms with Gasteiger partial charge in [-0.2, -0.15) is 0 Å². The summed E-state index contributed by atoms with van der Waals surface area (Å²) in [5, 5.41) is 0.939. The van der Waals surface area contributed by atoms with Crippen molar-refractivity contribution < 1.29 is 4.39 Å². The first kappa shape index (κ1) is 15.8. The van der Waals surface area contributed by atoms with Crippen molar-refractivity contribution in [3.05, 3.63) is 35.8 Å². The standard InChI is InChI=1S/C20H26FN3/c1-14-12-20(18-13-16(21)5-6-19(18)22-14)23-10-7-17(8-11-23)24-9-3-4-15(24)2/h5-6,12-13,15,17H,3-4,7-11H2,1-2H3. The van der Waals surface area contributed by atoms with Crippen LogP contribution < -0.4 is 4.90 Å². The lowest BCUT2D eigenvalue weighted by molar-refractivity contribution is 0.163. The summed E-state index contributed by atoms with van der Waals surface area (Å²) in [6.07, 6.45) is 5.08. The van der Waals surface area contributed by atoms with Crippen molar-refractivity contribution in [2.24, 2.45) is 0 Å². The zero-order valence-corrected chi connectivity index (χ0v) is 14.6. The van der Waals surface area contributed by atoms with Gasteiger partial charge >= 0.3 is 0 Å². The van der Waals surface area contributed by atoms with Crippen molar-refractivity contribution in [3.8, 4) is 0 Å². The quantitative estimate of drug-likeness (QED) is 0.826. The number of halogens is 1. The second kappa shape index (κ2) is 6.32. The van der Waals surface area contributed by atoms with Crippen LogP contribution in [0.1, 0.15) is 38.3 Å². The van der Waals surface area contributed by atoms with E-state index < -0.39 is 0 Å². The molecule has 2 aliphatic heterocycles. The SMILES string of the molecule is Cc1cc(N2CCC(N3CCCC3C)CC2)c2cc(F)ccc2n1. The van der Waals surface area contributed by atoms with Gasteiger partial charge < -0.3 is 4.90 Å². The van der Waals surface area contributed by atoms with Crippen LogP contribution in [0.5, 0.6) is 0 Å². The highest BCUT2D eigenvalue weighted by Crippen LogP contribution is 2.32. The number of hydrogen-bond acceptors (Lipinski definition) is 3. The molecule has 0 radical (unpaired) electrons. The molecule has 2 aliphatic rings. The molecule has 2 fully saturated rings. The summed E-state index contributed by atoms with van der Waals surface area (Å²) in [5.41, 5.74) is 3.03. The number of nitrogens with zero attached hydrogens (tertiary/aromatic N) is 3. The average molecular weight is 327 g/mol. The molecule has 2 saturated heterocycles. The Balaban J connectivity index is 1.57. The summed E-state index contributed by atoms with van der Waals surface area (Å²) >= 11 is 0. The third-order valence-corrected chi connectivity index (χ3v) is 5.76. The van der Waals surface area contributed by atoms with Gasteiger partial charge in [0.15, 0.2) is 0 Å². The van der Waals surface area contributed by atoms with Crippen LogP contribution in [0.3, 0.4) is 0 Å². The Morgan fingerprint density at radius 3 is 2.58 bits per heavy atom. The Hall–Kier alpha value is -1.68. The summed E-state index contributed by atoms with van der Waals surface area (Å²) in [7, 11) is 0. The van der Waals surface area contributed by atoms with E-state index in [0.29, 0.717) is 6.04 Å². The molecule has 1 aromatic heterocycles. The first-order valence-corrected chi connectivity index (χ1v) is 9.19. The highest BCUT2D eigenvalue weighted by Gasteiger charge is 2.30. The number of aromatic nitrogens is 1. The van der Waals surface area contributed by atoms with Gasteiger partial charge in [0.1, 0.15) is 5.82 Å². The summed E-state index contributed by atoms with van der Waals surface area (Å²) in [5.74, 6) is -0.185. The number of anilines is 1. The normalized spacial score (nSPS) is 23.3. The maximum atomic E-state index is 13.7. The molecule has 3 nitrogen and oxygen atoms in total. The fourth-order valence-corrected chi connectivity index (χ4v) is 4.51. The topological polar surface area (TPSA) is 19.4 Å². The molecule has 24 heavy (non-hydrogen) atoms. The Morgan fingerprint density at radius 1 is 1.08 bits per heavy atom. The number of fused-ring (bicyclic) bond motifs is 1. The summed E-state index contributed by atoms with van der Waals surface area (Å²) in [6, 6.07) is 8.48. The molecule has 1 unspecified atom stereocenters. The van der Waals surface area contributed by atoms with E-state index in [0.717, 1.165) is 41.4 Å². The minimum Gasteiger partial charge on any atom is -0.371 e. The van der Waals surface area contributed by atoms with Gasteiger partial charge in [-0.1, -0.05) is 0 Å². The van der Waals surface area contributed by atoms with E-state index in [4.69, 9.17) is 0 Å². The Bertz CT molecular complexity index is 737. The first-order valence-electron chi connectivity index (χ1n) is 9.19. The van der Waals surface area contributed by atoms with E-state index in [1.807, 2.05) is 6.92 Å². The van der Waals surface area contributed by atoms with Gasteiger partial charge in [-0.25, -0.2) is 4.39 Å². The molecule has 0 aliphatic carbocycles. The molecule has 1 aromatic carbocycles. The minimum atomic E-state index is -0.185. The van der Waals surface area contributed by atoms with Crippen molar-refractivity contribution in [2.75, 3.05) is 24.5 Å². The highest BCUT2D eigenvalue weighted by molar-refractivity contribution is 5.92. The van der Waals surface area contributed by atoms with Crippen LogP contribution in [0.4, 0.5) is 10.1 Å². The number of likely N-dealkylation sites (tertiary alicyclic amines) is 1. The largest absolute Gasteiger partial charge is 0.371 e. The Kier molecular flexibility index (Phi) is 4.17. The third kappa shape index (κ3) is 2.88. The van der Waals surface area contributed by atoms with Crippen LogP contribution in [-0.2, 0) is 0 Å². The molecule has 0 N–H and O–H groups in total. The van der Waals surface area contributed by atoms with Crippen molar-refractivity contribution in [1.82, 2.24) is 9.88 Å². The maximum absolute atomic E-state index is 13.7. The maximum Gasteiger partial charge on any atom is 0.124 e. The van der Waals surface area contributed by atoms with E-state index in [1.54, 1.807) is 12.1 Å². The van der Waals surface area contributed by atoms with E-state index in [9.17, 15) is 4.39 Å². The summed E-state index contributed by atoms with van der Waals surface area (Å²) in [6.45, 7) is 7.73. The van der Waals surface area contributed by atoms with Gasteiger partial charge in [0.2, 0.25) is 0 Å². The summed E-state index contributed by atoms with van der Waals surface area (Å²) in [4.78, 5) is 9.68. The number of aryl methyl sites for hydroxylation is 1. The minimum absolute atomic E-state index is 0.185. The monoisotopic (exact) mass is 327 g/mol. The molecule has 0 spiro atoms. The predicted molar refractivity (Wildman–Crippen MR) is 97.1 cm³/mol. The van der Waals surface area contributed by atoms with Crippen molar-refractivity contribution in [2.45, 2.75) is 51.6 Å². The molecular formula is C20H26FN3. The smallest absolute Gasteiger partial charge is 0.124 e. The van der Waals surface area contributed by atoms with Gasteiger partial charge in [-0.05, 0) is 70.3 Å². The predicted octanol–water partition coefficient (Wildman–Crippen LogP) is 4.14. The Morgan fingerprint density at radius 2 is 1.88 bits per heavy atom.